The van der Waals surface area contributed by atoms with E-state index in [1.54, 1.807) is 61.5 Å². The predicted molar refractivity (Wildman–Crippen MR) is 172 cm³/mol. The zero-order chi connectivity index (χ0) is 31.9. The lowest BCUT2D eigenvalue weighted by atomic mass is 9.51. The highest BCUT2D eigenvalue weighted by atomic mass is 79.9. The lowest BCUT2D eigenvalue weighted by Crippen LogP contribution is -2.49. The number of phenolic OH excluding ortho intramolecular Hbond substituents is 1. The molecule has 3 aromatic rings. The first kappa shape index (κ1) is 29.7. The van der Waals surface area contributed by atoms with E-state index < -0.39 is 35.0 Å². The maximum Gasteiger partial charge on any atom is 0.241 e. The van der Waals surface area contributed by atoms with Crippen LogP contribution < -0.4 is 14.5 Å². The number of rotatable bonds is 4. The molecule has 3 aromatic carbocycles. The summed E-state index contributed by atoms with van der Waals surface area (Å²) in [5.41, 5.74) is 1.59. The normalized spacial score (nSPS) is 29.0. The molecule has 2 saturated heterocycles. The van der Waals surface area contributed by atoms with Crippen molar-refractivity contribution in [2.45, 2.75) is 32.6 Å². The first-order chi connectivity index (χ1) is 21.5. The van der Waals surface area contributed by atoms with Crippen molar-refractivity contribution in [3.63, 3.8) is 0 Å². The molecule has 1 N–H and O–H groups in total. The Labute approximate surface area is 273 Å². The summed E-state index contributed by atoms with van der Waals surface area (Å²) in [5, 5.41) is 12.0. The highest BCUT2D eigenvalue weighted by Crippen LogP contribution is 2.65. The van der Waals surface area contributed by atoms with Crippen LogP contribution in [0.5, 0.6) is 11.5 Å². The van der Waals surface area contributed by atoms with E-state index >= 15 is 0 Å². The number of methoxy groups -OCH3 is 1. The molecule has 0 spiro atoms. The number of nitrogens with zero attached hydrogens (tertiary/aromatic N) is 2. The van der Waals surface area contributed by atoms with Gasteiger partial charge in [-0.25, -0.2) is 9.80 Å². The highest BCUT2D eigenvalue weighted by Gasteiger charge is 2.68. The van der Waals surface area contributed by atoms with Crippen LogP contribution in [-0.4, -0.2) is 35.8 Å². The largest absolute Gasteiger partial charge is 0.504 e. The van der Waals surface area contributed by atoms with Gasteiger partial charge in [-0.1, -0.05) is 63.4 Å². The zero-order valence-electron chi connectivity index (χ0n) is 24.8. The number of aromatic hydroxyl groups is 1. The minimum absolute atomic E-state index is 0.141. The molecule has 0 radical (unpaired) electrons. The minimum Gasteiger partial charge on any atom is -0.504 e. The zero-order valence-corrected chi connectivity index (χ0v) is 27.1. The maximum absolute atomic E-state index is 14.5. The number of anilines is 2. The molecule has 0 unspecified atom stereocenters. The number of carbonyl (C=O) groups is 4. The van der Waals surface area contributed by atoms with Crippen molar-refractivity contribution in [1.29, 1.82) is 0 Å². The third-order valence-electron chi connectivity index (χ3n) is 10.3. The molecule has 0 bridgehead atoms. The molecule has 1 saturated carbocycles. The second-order valence-electron chi connectivity index (χ2n) is 12.5. The van der Waals surface area contributed by atoms with Gasteiger partial charge < -0.3 is 9.84 Å². The average molecular weight is 690 g/mol. The van der Waals surface area contributed by atoms with Gasteiger partial charge in [0.15, 0.2) is 11.5 Å². The third-order valence-corrected chi connectivity index (χ3v) is 11.2. The van der Waals surface area contributed by atoms with E-state index in [2.05, 4.69) is 15.9 Å². The van der Waals surface area contributed by atoms with E-state index in [4.69, 9.17) is 16.3 Å². The molecule has 10 heteroatoms. The van der Waals surface area contributed by atoms with Gasteiger partial charge in [0.05, 0.1) is 41.7 Å². The molecule has 6 atom stereocenters. The van der Waals surface area contributed by atoms with E-state index in [0.29, 0.717) is 26.4 Å². The molecule has 3 fully saturated rings. The van der Waals surface area contributed by atoms with Crippen LogP contribution in [0, 0.1) is 36.0 Å². The lowest BCUT2D eigenvalue weighted by Gasteiger charge is -2.49. The summed E-state index contributed by atoms with van der Waals surface area (Å²) in [4.78, 5) is 59.4. The van der Waals surface area contributed by atoms with E-state index in [-0.39, 0.29) is 48.0 Å². The van der Waals surface area contributed by atoms with Gasteiger partial charge in [-0.3, -0.25) is 19.2 Å². The Morgan fingerprint density at radius 1 is 0.933 bits per heavy atom. The summed E-state index contributed by atoms with van der Waals surface area (Å²) in [6.45, 7) is 3.63. The molecule has 8 nitrogen and oxygen atoms in total. The van der Waals surface area contributed by atoms with Crippen molar-refractivity contribution < 1.29 is 29.0 Å². The number of ether oxygens (including phenoxy) is 1. The number of imide groups is 2. The number of para-hydroxylation sites is 1. The Morgan fingerprint density at radius 3 is 2.36 bits per heavy atom. The highest BCUT2D eigenvalue weighted by molar-refractivity contribution is 9.10. The van der Waals surface area contributed by atoms with Crippen LogP contribution in [0.25, 0.3) is 0 Å². The fourth-order valence-electron chi connectivity index (χ4n) is 8.13. The monoisotopic (exact) mass is 688 g/mol. The third kappa shape index (κ3) is 4.16. The van der Waals surface area contributed by atoms with Crippen molar-refractivity contribution >= 4 is 62.5 Å². The van der Waals surface area contributed by atoms with Crippen LogP contribution in [0.15, 0.2) is 76.8 Å². The standard InChI is InChI=1S/C35H30BrClN2O6/c1-17-9-10-20(15-26(17)37)38-31(41)22-12-11-21-23(28(22)33(38)43)16-25-32(42)39(19-7-5-4-6-8-19)34(44)35(25,2)29(21)24-13-18(36)14-27(45-3)30(24)40/h4-11,13-15,22-23,25,28-29,40H,12,16H2,1-3H3/t22-,23+,25-,28-,29+,35+/m0/s1. The Morgan fingerprint density at radius 2 is 1.67 bits per heavy atom. The van der Waals surface area contributed by atoms with Crippen LogP contribution in [0.2, 0.25) is 5.02 Å². The second-order valence-corrected chi connectivity index (χ2v) is 13.8. The van der Waals surface area contributed by atoms with Crippen molar-refractivity contribution in [2.24, 2.45) is 29.1 Å². The van der Waals surface area contributed by atoms with Gasteiger partial charge in [0.25, 0.3) is 0 Å². The predicted octanol–water partition coefficient (Wildman–Crippen LogP) is 6.56. The number of amides is 4. The number of halogens is 2. The van der Waals surface area contributed by atoms with Crippen LogP contribution in [-0.2, 0) is 19.2 Å². The van der Waals surface area contributed by atoms with Gasteiger partial charge in [0.2, 0.25) is 23.6 Å². The SMILES string of the molecule is COc1cc(Br)cc([C@H]2C3=CC[C@@H]4C(=O)N(c5ccc(C)c(Cl)c5)C(=O)[C@@H]4[C@@H]3C[C@H]3C(=O)N(c4ccccc4)C(=O)[C@@]23C)c1O. The molecule has 4 amide bonds. The van der Waals surface area contributed by atoms with Crippen molar-refractivity contribution in [3.8, 4) is 11.5 Å². The fraction of sp³-hybridized carbons (Fsp3) is 0.314. The maximum atomic E-state index is 14.5. The smallest absolute Gasteiger partial charge is 0.241 e. The molecule has 4 aliphatic rings. The quantitative estimate of drug-likeness (QED) is 0.246. The van der Waals surface area contributed by atoms with Crippen molar-refractivity contribution in [1.82, 2.24) is 0 Å². The Hall–Kier alpha value is -3.95. The van der Waals surface area contributed by atoms with Gasteiger partial charge >= 0.3 is 0 Å². The molecule has 7 rings (SSSR count). The van der Waals surface area contributed by atoms with E-state index in [1.165, 1.54) is 16.9 Å². The second kappa shape index (κ2) is 10.6. The number of benzene rings is 3. The summed E-state index contributed by atoms with van der Waals surface area (Å²) in [7, 11) is 1.44. The summed E-state index contributed by atoms with van der Waals surface area (Å²) in [6, 6.07) is 17.3. The first-order valence-electron chi connectivity index (χ1n) is 14.8. The van der Waals surface area contributed by atoms with Crippen LogP contribution >= 0.6 is 27.5 Å². The van der Waals surface area contributed by atoms with Gasteiger partial charge in [0.1, 0.15) is 0 Å². The Bertz CT molecular complexity index is 1840. The minimum atomic E-state index is -1.29. The summed E-state index contributed by atoms with van der Waals surface area (Å²) < 4.78 is 6.10. The van der Waals surface area contributed by atoms with Crippen LogP contribution in [0.1, 0.15) is 36.8 Å². The van der Waals surface area contributed by atoms with E-state index in [9.17, 15) is 24.3 Å². The number of carbonyl (C=O) groups excluding carboxylic acids is 4. The lowest BCUT2D eigenvalue weighted by molar-refractivity contribution is -0.131. The van der Waals surface area contributed by atoms with Crippen LogP contribution in [0.3, 0.4) is 0 Å². The first-order valence-corrected chi connectivity index (χ1v) is 16.0. The number of allylic oxidation sites excluding steroid dienone is 2. The number of hydrogen-bond donors (Lipinski definition) is 1. The molecule has 230 valence electrons. The summed E-state index contributed by atoms with van der Waals surface area (Å²) in [6.07, 6.45) is 2.44. The fourth-order valence-corrected chi connectivity index (χ4v) is 8.76. The van der Waals surface area contributed by atoms with Crippen molar-refractivity contribution in [2.75, 3.05) is 16.9 Å². The van der Waals surface area contributed by atoms with E-state index in [0.717, 1.165) is 11.1 Å². The Balaban J connectivity index is 1.40. The molecule has 2 heterocycles. The number of phenols is 1. The van der Waals surface area contributed by atoms with Gasteiger partial charge in [-0.2, -0.15) is 0 Å². The van der Waals surface area contributed by atoms with Gasteiger partial charge in [0, 0.05) is 21.0 Å². The molecule has 2 aliphatic carbocycles. The summed E-state index contributed by atoms with van der Waals surface area (Å²) in [5.74, 6) is -4.80. The van der Waals surface area contributed by atoms with Gasteiger partial charge in [-0.05, 0) is 74.6 Å². The molecule has 2 aliphatic heterocycles. The Kier molecular flexibility index (Phi) is 6.98. The molecule has 0 aromatic heterocycles. The number of aryl methyl sites for hydroxylation is 1. The molecular formula is C35H30BrClN2O6. The van der Waals surface area contributed by atoms with Crippen LogP contribution in [0.4, 0.5) is 11.4 Å². The number of fused-ring (bicyclic) bond motifs is 4. The topological polar surface area (TPSA) is 104 Å². The van der Waals surface area contributed by atoms with Crippen molar-refractivity contribution in [3.05, 3.63) is 92.9 Å². The number of hydrogen-bond acceptors (Lipinski definition) is 6. The molecular weight excluding hydrogens is 660 g/mol. The molecule has 45 heavy (non-hydrogen) atoms. The summed E-state index contributed by atoms with van der Waals surface area (Å²) >= 11 is 9.92. The van der Waals surface area contributed by atoms with E-state index in [1.807, 2.05) is 19.1 Å². The van der Waals surface area contributed by atoms with Gasteiger partial charge in [-0.15, -0.1) is 0 Å². The average Bonchev–Trinajstić information content (AvgIpc) is 3.39.